The average molecular weight is 167 g/mol. The van der Waals surface area contributed by atoms with Crippen LogP contribution in [0.2, 0.25) is 0 Å². The zero-order valence-electron chi connectivity index (χ0n) is 6.29. The maximum absolute atomic E-state index is 8.42. The fourth-order valence-corrected chi connectivity index (χ4v) is 0.742. The van der Waals surface area contributed by atoms with E-state index >= 15 is 0 Å². The number of hydrogen-bond acceptors (Lipinski definition) is 5. The number of hydrogen-bond donors (Lipinski definition) is 1. The maximum Gasteiger partial charge on any atom is 0.155 e. The zero-order chi connectivity index (χ0) is 9.84. The van der Waals surface area contributed by atoms with Gasteiger partial charge in [-0.1, -0.05) is 0 Å². The van der Waals surface area contributed by atoms with Gasteiger partial charge in [-0.3, -0.25) is 0 Å². The molecule has 0 saturated carbocycles. The van der Waals surface area contributed by atoms with Crippen molar-refractivity contribution in [1.29, 1.82) is 21.0 Å². The molecule has 0 spiro atoms. The first-order valence-electron chi connectivity index (χ1n) is 3.14. The van der Waals surface area contributed by atoms with Gasteiger partial charge in [-0.05, 0) is 0 Å². The average Bonchev–Trinajstić information content (AvgIpc) is 2.90. The molecule has 58 valence electrons. The topological polar surface area (TPSA) is 117 Å². The summed E-state index contributed by atoms with van der Waals surface area (Å²) < 4.78 is 0. The molecule has 0 bridgehead atoms. The molecule has 0 unspecified atom stereocenters. The summed E-state index contributed by atoms with van der Waals surface area (Å²) in [7, 11) is 0. The molecule has 13 heavy (non-hydrogen) atoms. The van der Waals surface area contributed by atoms with E-state index in [0.29, 0.717) is 0 Å². The second kappa shape index (κ2) is 3.09. The standard InChI is InChI=1S/C8HN5/c9-1-5(2-10)7-8(13-7)6(3-11)4-12/h13H. The van der Waals surface area contributed by atoms with Crippen molar-refractivity contribution >= 4 is 0 Å². The zero-order valence-corrected chi connectivity index (χ0v) is 6.29. The van der Waals surface area contributed by atoms with Crippen LogP contribution in [-0.2, 0) is 0 Å². The largest absolute Gasteiger partial charge is 0.349 e. The second-order valence-electron chi connectivity index (χ2n) is 2.07. The highest BCUT2D eigenvalue weighted by Crippen LogP contribution is 2.27. The van der Waals surface area contributed by atoms with Crippen molar-refractivity contribution in [3.63, 3.8) is 0 Å². The van der Waals surface area contributed by atoms with Crippen molar-refractivity contribution in [2.24, 2.45) is 0 Å². The van der Waals surface area contributed by atoms with Gasteiger partial charge in [0, 0.05) is 0 Å². The van der Waals surface area contributed by atoms with Gasteiger partial charge in [0.05, 0.1) is 11.4 Å². The first-order chi connectivity index (χ1) is 6.28. The summed E-state index contributed by atoms with van der Waals surface area (Å²) in [5, 5.41) is 36.2. The molecule has 1 heterocycles. The molecule has 1 N–H and O–H groups in total. The minimum atomic E-state index is -0.113. The minimum Gasteiger partial charge on any atom is -0.349 e. The molecule has 0 radical (unpaired) electrons. The molecular formula is C8HN5. The Morgan fingerprint density at radius 1 is 0.769 bits per heavy atom. The summed E-state index contributed by atoms with van der Waals surface area (Å²) in [6, 6.07) is 6.60. The Kier molecular flexibility index (Phi) is 1.98. The van der Waals surface area contributed by atoms with Crippen LogP contribution in [0.3, 0.4) is 0 Å². The molecular weight excluding hydrogens is 166 g/mol. The van der Waals surface area contributed by atoms with E-state index in [1.54, 1.807) is 24.3 Å². The van der Waals surface area contributed by atoms with E-state index in [4.69, 9.17) is 21.0 Å². The molecule has 1 saturated heterocycles. The van der Waals surface area contributed by atoms with Crippen molar-refractivity contribution in [3.05, 3.63) is 22.5 Å². The summed E-state index contributed by atoms with van der Waals surface area (Å²) in [4.78, 5) is 0. The lowest BCUT2D eigenvalue weighted by Gasteiger charge is -1.71. The molecule has 0 aliphatic carbocycles. The quantitative estimate of drug-likeness (QED) is 0.408. The lowest BCUT2D eigenvalue weighted by molar-refractivity contribution is 1.38. The van der Waals surface area contributed by atoms with Crippen LogP contribution >= 0.6 is 0 Å². The summed E-state index contributed by atoms with van der Waals surface area (Å²) in [6.45, 7) is 0. The van der Waals surface area contributed by atoms with Crippen LogP contribution in [-0.4, -0.2) is 0 Å². The van der Waals surface area contributed by atoms with Crippen LogP contribution < -0.4 is 5.32 Å². The molecule has 0 aromatic carbocycles. The molecule has 0 aromatic heterocycles. The van der Waals surface area contributed by atoms with Crippen LogP contribution in [0.4, 0.5) is 0 Å². The van der Waals surface area contributed by atoms with E-state index in [9.17, 15) is 0 Å². The van der Waals surface area contributed by atoms with Gasteiger partial charge in [-0.15, -0.1) is 0 Å². The fraction of sp³-hybridized carbons (Fsp3) is 0. The third-order valence-electron chi connectivity index (χ3n) is 1.38. The van der Waals surface area contributed by atoms with E-state index < -0.39 is 0 Å². The highest BCUT2D eigenvalue weighted by Gasteiger charge is 2.29. The Hall–Kier alpha value is -2.76. The Labute approximate surface area is 74.0 Å². The molecule has 1 fully saturated rings. The van der Waals surface area contributed by atoms with Gasteiger partial charge in [0.25, 0.3) is 0 Å². The predicted octanol–water partition coefficient (Wildman–Crippen LogP) is 0.192. The first-order valence-corrected chi connectivity index (χ1v) is 3.14. The smallest absolute Gasteiger partial charge is 0.155 e. The van der Waals surface area contributed by atoms with E-state index in [-0.39, 0.29) is 22.5 Å². The summed E-state index contributed by atoms with van der Waals surface area (Å²) in [5.41, 5.74) is 0.335. The van der Waals surface area contributed by atoms with E-state index in [2.05, 4.69) is 5.32 Å². The molecule has 0 atom stereocenters. The molecule has 0 aromatic rings. The lowest BCUT2D eigenvalue weighted by Crippen LogP contribution is -1.72. The number of nitrogens with zero attached hydrogens (tertiary/aromatic N) is 4. The van der Waals surface area contributed by atoms with Gasteiger partial charge in [0.2, 0.25) is 0 Å². The van der Waals surface area contributed by atoms with Crippen LogP contribution in [0, 0.1) is 45.3 Å². The van der Waals surface area contributed by atoms with Crippen molar-refractivity contribution < 1.29 is 0 Å². The third kappa shape index (κ3) is 1.31. The summed E-state index contributed by atoms with van der Waals surface area (Å²) >= 11 is 0. The minimum absolute atomic E-state index is 0.113. The van der Waals surface area contributed by atoms with Gasteiger partial charge >= 0.3 is 0 Å². The Bertz CT molecular complexity index is 403. The first kappa shape index (κ1) is 8.34. The normalized spacial score (nSPS) is 11.1. The number of rotatable bonds is 0. The van der Waals surface area contributed by atoms with Crippen molar-refractivity contribution in [3.8, 4) is 24.3 Å². The van der Waals surface area contributed by atoms with Crippen molar-refractivity contribution in [1.82, 2.24) is 5.32 Å². The summed E-state index contributed by atoms with van der Waals surface area (Å²) in [6.07, 6.45) is 0. The molecule has 1 aliphatic rings. The van der Waals surface area contributed by atoms with E-state index in [1.807, 2.05) is 0 Å². The number of nitriles is 4. The Balaban J connectivity index is 3.18. The van der Waals surface area contributed by atoms with Crippen LogP contribution in [0.5, 0.6) is 0 Å². The Morgan fingerprint density at radius 3 is 1.31 bits per heavy atom. The fourth-order valence-electron chi connectivity index (χ4n) is 0.742. The van der Waals surface area contributed by atoms with Crippen molar-refractivity contribution in [2.45, 2.75) is 0 Å². The third-order valence-corrected chi connectivity index (χ3v) is 1.38. The van der Waals surface area contributed by atoms with E-state index in [0.717, 1.165) is 0 Å². The van der Waals surface area contributed by atoms with Gasteiger partial charge in [0.1, 0.15) is 24.3 Å². The van der Waals surface area contributed by atoms with Crippen molar-refractivity contribution in [2.75, 3.05) is 0 Å². The van der Waals surface area contributed by atoms with Gasteiger partial charge < -0.3 is 5.32 Å². The molecule has 1 rings (SSSR count). The second-order valence-corrected chi connectivity index (χ2v) is 2.07. The number of nitrogens with one attached hydrogen (secondary N) is 1. The monoisotopic (exact) mass is 167 g/mol. The van der Waals surface area contributed by atoms with Crippen LogP contribution in [0.1, 0.15) is 0 Å². The lowest BCUT2D eigenvalue weighted by atomic mass is 10.2. The highest BCUT2D eigenvalue weighted by atomic mass is 15.1. The summed E-state index contributed by atoms with van der Waals surface area (Å²) in [5.74, 6) is 0. The highest BCUT2D eigenvalue weighted by molar-refractivity contribution is 5.64. The van der Waals surface area contributed by atoms with Crippen LogP contribution in [0.25, 0.3) is 0 Å². The maximum atomic E-state index is 8.42. The predicted molar refractivity (Wildman–Crippen MR) is 39.6 cm³/mol. The molecule has 0 amide bonds. The Morgan fingerprint density at radius 2 is 1.08 bits per heavy atom. The van der Waals surface area contributed by atoms with Gasteiger partial charge in [-0.2, -0.15) is 21.0 Å². The number of allylic oxidation sites excluding steroid dienone is 2. The SMILES string of the molecule is N#CC(C#N)=C1NC1=C(C#N)C#N. The molecule has 1 aliphatic heterocycles. The van der Waals surface area contributed by atoms with E-state index in [1.165, 1.54) is 0 Å². The van der Waals surface area contributed by atoms with Crippen LogP contribution in [0.15, 0.2) is 22.5 Å². The molecule has 5 heteroatoms. The van der Waals surface area contributed by atoms with Gasteiger partial charge in [0.15, 0.2) is 11.1 Å². The van der Waals surface area contributed by atoms with Gasteiger partial charge in [-0.25, -0.2) is 0 Å². The molecule has 5 nitrogen and oxygen atoms in total.